The summed E-state index contributed by atoms with van der Waals surface area (Å²) in [5, 5.41) is 7.93. The highest BCUT2D eigenvalue weighted by molar-refractivity contribution is 7.10. The van der Waals surface area contributed by atoms with Crippen molar-refractivity contribution in [1.29, 1.82) is 0 Å². The maximum atomic E-state index is 11.9. The van der Waals surface area contributed by atoms with E-state index in [0.717, 1.165) is 43.8 Å². The van der Waals surface area contributed by atoms with Gasteiger partial charge in [0, 0.05) is 36.6 Å². The first-order chi connectivity index (χ1) is 11.2. The topological polar surface area (TPSA) is 61.4 Å². The van der Waals surface area contributed by atoms with E-state index in [1.807, 2.05) is 30.5 Å². The number of amides is 2. The Hall–Kier alpha value is -1.66. The summed E-state index contributed by atoms with van der Waals surface area (Å²) in [6.45, 7) is 4.93. The van der Waals surface area contributed by atoms with Gasteiger partial charge in [0.1, 0.15) is 0 Å². The van der Waals surface area contributed by atoms with Crippen LogP contribution in [0.15, 0.2) is 23.6 Å². The highest BCUT2D eigenvalue weighted by Crippen LogP contribution is 2.11. The molecule has 5 nitrogen and oxygen atoms in total. The lowest BCUT2D eigenvalue weighted by Crippen LogP contribution is -2.47. The van der Waals surface area contributed by atoms with Gasteiger partial charge < -0.3 is 10.6 Å². The Morgan fingerprint density at radius 3 is 2.83 bits per heavy atom. The van der Waals surface area contributed by atoms with E-state index in [2.05, 4.69) is 15.5 Å². The van der Waals surface area contributed by atoms with Gasteiger partial charge in [0.25, 0.3) is 0 Å². The Morgan fingerprint density at radius 2 is 2.17 bits per heavy atom. The number of nitrogens with one attached hydrogen (secondary N) is 2. The van der Waals surface area contributed by atoms with Crippen molar-refractivity contribution in [3.05, 3.63) is 28.5 Å². The number of likely N-dealkylation sites (tertiary alicyclic amines) is 1. The quantitative estimate of drug-likeness (QED) is 0.748. The fraction of sp³-hybridized carbons (Fsp3) is 0.529. The molecule has 1 fully saturated rings. The van der Waals surface area contributed by atoms with Crippen LogP contribution < -0.4 is 10.6 Å². The highest BCUT2D eigenvalue weighted by Gasteiger charge is 2.21. The zero-order valence-electron chi connectivity index (χ0n) is 13.6. The minimum atomic E-state index is -0.0439. The Labute approximate surface area is 141 Å². The van der Waals surface area contributed by atoms with E-state index in [0.29, 0.717) is 6.54 Å². The summed E-state index contributed by atoms with van der Waals surface area (Å²) in [6, 6.07) is 4.15. The second-order valence-electron chi connectivity index (χ2n) is 5.76. The molecule has 0 saturated carbocycles. The van der Waals surface area contributed by atoms with E-state index in [-0.39, 0.29) is 17.9 Å². The van der Waals surface area contributed by atoms with Crippen molar-refractivity contribution in [3.8, 4) is 0 Å². The first-order valence-electron chi connectivity index (χ1n) is 8.18. The van der Waals surface area contributed by atoms with Crippen LogP contribution in [0.2, 0.25) is 0 Å². The minimum absolute atomic E-state index is 0.0439. The number of carbonyl (C=O) groups is 2. The molecule has 6 heteroatoms. The maximum Gasteiger partial charge on any atom is 0.244 e. The third-order valence-corrected chi connectivity index (χ3v) is 4.65. The Balaban J connectivity index is 1.66. The molecule has 1 aromatic heterocycles. The smallest absolute Gasteiger partial charge is 0.244 e. The maximum absolute atomic E-state index is 11.9. The number of carbonyl (C=O) groups excluding carboxylic acids is 2. The third-order valence-electron chi connectivity index (χ3n) is 3.82. The molecule has 1 saturated heterocycles. The van der Waals surface area contributed by atoms with Gasteiger partial charge in [0.15, 0.2) is 0 Å². The predicted molar refractivity (Wildman–Crippen MR) is 94.3 cm³/mol. The molecule has 0 unspecified atom stereocenters. The predicted octanol–water partition coefficient (Wildman–Crippen LogP) is 1.87. The first-order valence-corrected chi connectivity index (χ1v) is 9.06. The van der Waals surface area contributed by atoms with Crippen LogP contribution >= 0.6 is 11.3 Å². The Kier molecular flexibility index (Phi) is 7.29. The standard InChI is InChI=1S/C17H25N3O2S/c1-2-9-18-17(22)13-20-10-7-14(8-11-20)19-16(21)6-5-15-4-3-12-23-15/h3-6,12,14H,2,7-11,13H2,1H3,(H,18,22)(H,19,21). The average Bonchev–Trinajstić information content (AvgIpc) is 3.06. The largest absolute Gasteiger partial charge is 0.355 e. The van der Waals surface area contributed by atoms with Gasteiger partial charge in [0.05, 0.1) is 6.54 Å². The van der Waals surface area contributed by atoms with Gasteiger partial charge in [-0.1, -0.05) is 13.0 Å². The number of hydrogen-bond donors (Lipinski definition) is 2. The van der Waals surface area contributed by atoms with Crippen molar-refractivity contribution < 1.29 is 9.59 Å². The summed E-state index contributed by atoms with van der Waals surface area (Å²) in [5.74, 6) is 0.0470. The molecule has 1 aliphatic heterocycles. The molecule has 2 heterocycles. The van der Waals surface area contributed by atoms with Gasteiger partial charge in [-0.3, -0.25) is 14.5 Å². The van der Waals surface area contributed by atoms with Gasteiger partial charge >= 0.3 is 0 Å². The van der Waals surface area contributed by atoms with Crippen molar-refractivity contribution in [1.82, 2.24) is 15.5 Å². The van der Waals surface area contributed by atoms with Gasteiger partial charge in [-0.15, -0.1) is 11.3 Å². The van der Waals surface area contributed by atoms with Crippen molar-refractivity contribution in [2.45, 2.75) is 32.2 Å². The van der Waals surface area contributed by atoms with Gasteiger partial charge in [-0.25, -0.2) is 0 Å². The van der Waals surface area contributed by atoms with Crippen LogP contribution in [-0.2, 0) is 9.59 Å². The lowest BCUT2D eigenvalue weighted by Gasteiger charge is -2.31. The second kappa shape index (κ2) is 9.47. The van der Waals surface area contributed by atoms with Crippen molar-refractivity contribution in [2.24, 2.45) is 0 Å². The molecule has 1 aliphatic rings. The van der Waals surface area contributed by atoms with Crippen LogP contribution in [0.4, 0.5) is 0 Å². The first kappa shape index (κ1) is 17.7. The van der Waals surface area contributed by atoms with Crippen LogP contribution in [0.3, 0.4) is 0 Å². The van der Waals surface area contributed by atoms with E-state index in [1.165, 1.54) is 0 Å². The Bertz CT molecular complexity index is 520. The number of thiophene rings is 1. The molecule has 2 rings (SSSR count). The third kappa shape index (κ3) is 6.54. The average molecular weight is 335 g/mol. The van der Waals surface area contributed by atoms with Crippen LogP contribution in [0.5, 0.6) is 0 Å². The van der Waals surface area contributed by atoms with Crippen LogP contribution in [-0.4, -0.2) is 48.9 Å². The highest BCUT2D eigenvalue weighted by atomic mass is 32.1. The molecular weight excluding hydrogens is 310 g/mol. The zero-order valence-corrected chi connectivity index (χ0v) is 14.4. The van der Waals surface area contributed by atoms with E-state index >= 15 is 0 Å². The van der Waals surface area contributed by atoms with Crippen molar-refractivity contribution >= 4 is 29.2 Å². The summed E-state index contributed by atoms with van der Waals surface area (Å²) in [4.78, 5) is 26.8. The lowest BCUT2D eigenvalue weighted by atomic mass is 10.0. The molecule has 0 atom stereocenters. The SMILES string of the molecule is CCCNC(=O)CN1CCC(NC(=O)C=Cc2cccs2)CC1. The molecule has 126 valence electrons. The van der Waals surface area contributed by atoms with Crippen molar-refractivity contribution in [2.75, 3.05) is 26.2 Å². The van der Waals surface area contributed by atoms with Crippen LogP contribution in [0.1, 0.15) is 31.1 Å². The molecule has 23 heavy (non-hydrogen) atoms. The molecule has 0 aliphatic carbocycles. The zero-order chi connectivity index (χ0) is 16.5. The number of hydrogen-bond acceptors (Lipinski definition) is 4. The molecule has 0 spiro atoms. The fourth-order valence-electron chi connectivity index (χ4n) is 2.55. The van der Waals surface area contributed by atoms with E-state index in [4.69, 9.17) is 0 Å². The lowest BCUT2D eigenvalue weighted by molar-refractivity contribution is -0.123. The minimum Gasteiger partial charge on any atom is -0.355 e. The molecule has 0 radical (unpaired) electrons. The molecule has 1 aromatic rings. The molecule has 0 aromatic carbocycles. The summed E-state index contributed by atoms with van der Waals surface area (Å²) in [5.41, 5.74) is 0. The van der Waals surface area contributed by atoms with E-state index in [1.54, 1.807) is 17.4 Å². The monoisotopic (exact) mass is 335 g/mol. The summed E-state index contributed by atoms with van der Waals surface area (Å²) < 4.78 is 0. The molecular formula is C17H25N3O2S. The van der Waals surface area contributed by atoms with Crippen LogP contribution in [0, 0.1) is 0 Å². The number of rotatable bonds is 7. The Morgan fingerprint density at radius 1 is 1.39 bits per heavy atom. The normalized spacial score (nSPS) is 16.6. The van der Waals surface area contributed by atoms with E-state index in [9.17, 15) is 9.59 Å². The van der Waals surface area contributed by atoms with Crippen molar-refractivity contribution in [3.63, 3.8) is 0 Å². The fourth-order valence-corrected chi connectivity index (χ4v) is 3.17. The second-order valence-corrected chi connectivity index (χ2v) is 6.74. The van der Waals surface area contributed by atoms with E-state index < -0.39 is 0 Å². The van der Waals surface area contributed by atoms with Crippen LogP contribution in [0.25, 0.3) is 6.08 Å². The molecule has 0 bridgehead atoms. The van der Waals surface area contributed by atoms with Gasteiger partial charge in [-0.2, -0.15) is 0 Å². The number of piperidine rings is 1. The van der Waals surface area contributed by atoms with Gasteiger partial charge in [0.2, 0.25) is 11.8 Å². The molecule has 2 N–H and O–H groups in total. The number of nitrogens with zero attached hydrogens (tertiary/aromatic N) is 1. The molecule has 2 amide bonds. The van der Waals surface area contributed by atoms with Gasteiger partial charge in [-0.05, 0) is 36.8 Å². The summed E-state index contributed by atoms with van der Waals surface area (Å²) in [6.07, 6.45) is 6.17. The summed E-state index contributed by atoms with van der Waals surface area (Å²) >= 11 is 1.61. The summed E-state index contributed by atoms with van der Waals surface area (Å²) in [7, 11) is 0.